The third-order valence-corrected chi connectivity index (χ3v) is 3.95. The second kappa shape index (κ2) is 4.57. The largest absolute Gasteiger partial charge is 0.354 e. The number of rotatable bonds is 2. The van der Waals surface area contributed by atoms with Crippen LogP contribution in [0.15, 0.2) is 18.6 Å². The first-order chi connectivity index (χ1) is 8.77. The predicted molar refractivity (Wildman–Crippen MR) is 72.7 cm³/mol. The molecular formula is C13H19N5. The van der Waals surface area contributed by atoms with Gasteiger partial charge in [0, 0.05) is 25.8 Å². The molecule has 0 spiro atoms. The summed E-state index contributed by atoms with van der Waals surface area (Å²) in [6.45, 7) is 4.46. The summed E-state index contributed by atoms with van der Waals surface area (Å²) in [5.41, 5.74) is 0.906. The number of hydrogen-bond donors (Lipinski definition) is 2. The maximum atomic E-state index is 4.46. The molecule has 18 heavy (non-hydrogen) atoms. The number of nitrogens with zero attached hydrogens (tertiary/aromatic N) is 3. The summed E-state index contributed by atoms with van der Waals surface area (Å²) in [6.07, 6.45) is 4.77. The summed E-state index contributed by atoms with van der Waals surface area (Å²) in [7, 11) is 2.13. The lowest BCUT2D eigenvalue weighted by atomic mass is 9.93. The molecular weight excluding hydrogens is 226 g/mol. The minimum Gasteiger partial charge on any atom is -0.354 e. The molecule has 2 N–H and O–H groups in total. The molecule has 0 aliphatic carbocycles. The molecule has 1 saturated heterocycles. The molecule has 2 aromatic rings. The Morgan fingerprint density at radius 1 is 1.39 bits per heavy atom. The standard InChI is InChI=1S/C13H19N5/c1-9-3-5-14-7-11(9)18(2)13-10-4-6-15-12(10)16-8-17-13/h4,6,8-9,11,14H,3,5,7H2,1-2H3,(H,15,16,17)/t9-,11-/m1/s1. The van der Waals surface area contributed by atoms with Gasteiger partial charge in [-0.15, -0.1) is 0 Å². The van der Waals surface area contributed by atoms with E-state index in [1.807, 2.05) is 12.3 Å². The van der Waals surface area contributed by atoms with Crippen LogP contribution in [0.1, 0.15) is 13.3 Å². The summed E-state index contributed by atoms with van der Waals surface area (Å²) in [5.74, 6) is 1.70. The van der Waals surface area contributed by atoms with Gasteiger partial charge in [-0.3, -0.25) is 0 Å². The lowest BCUT2D eigenvalue weighted by Gasteiger charge is -2.37. The number of fused-ring (bicyclic) bond motifs is 1. The van der Waals surface area contributed by atoms with Crippen LogP contribution in [0, 0.1) is 5.92 Å². The number of aromatic nitrogens is 3. The van der Waals surface area contributed by atoms with Crippen molar-refractivity contribution in [3.63, 3.8) is 0 Å². The van der Waals surface area contributed by atoms with E-state index in [0.29, 0.717) is 12.0 Å². The fraction of sp³-hybridized carbons (Fsp3) is 0.538. The van der Waals surface area contributed by atoms with Crippen molar-refractivity contribution in [2.75, 3.05) is 25.0 Å². The van der Waals surface area contributed by atoms with E-state index in [9.17, 15) is 0 Å². The first kappa shape index (κ1) is 11.5. The molecule has 2 atom stereocenters. The second-order valence-corrected chi connectivity index (χ2v) is 5.09. The van der Waals surface area contributed by atoms with Crippen molar-refractivity contribution < 1.29 is 0 Å². The summed E-state index contributed by atoms with van der Waals surface area (Å²) in [6, 6.07) is 2.54. The van der Waals surface area contributed by atoms with Crippen LogP contribution in [0.3, 0.4) is 0 Å². The molecule has 2 aromatic heterocycles. The average Bonchev–Trinajstić information content (AvgIpc) is 2.86. The molecule has 0 radical (unpaired) electrons. The topological polar surface area (TPSA) is 56.8 Å². The molecule has 3 rings (SSSR count). The Kier molecular flexibility index (Phi) is 2.91. The highest BCUT2D eigenvalue weighted by molar-refractivity contribution is 5.87. The normalized spacial score (nSPS) is 24.3. The summed E-state index contributed by atoms with van der Waals surface area (Å²) in [5, 5.41) is 4.56. The molecule has 0 unspecified atom stereocenters. The smallest absolute Gasteiger partial charge is 0.142 e. The maximum absolute atomic E-state index is 4.46. The zero-order valence-electron chi connectivity index (χ0n) is 10.8. The quantitative estimate of drug-likeness (QED) is 0.839. The van der Waals surface area contributed by atoms with Gasteiger partial charge in [-0.05, 0) is 24.9 Å². The van der Waals surface area contributed by atoms with Gasteiger partial charge in [-0.2, -0.15) is 0 Å². The highest BCUT2D eigenvalue weighted by atomic mass is 15.2. The Labute approximate surface area is 107 Å². The average molecular weight is 245 g/mol. The van der Waals surface area contributed by atoms with Crippen LogP contribution < -0.4 is 10.2 Å². The third kappa shape index (κ3) is 1.84. The first-order valence-electron chi connectivity index (χ1n) is 6.49. The Hall–Kier alpha value is -1.62. The molecule has 1 aliphatic heterocycles. The Bertz CT molecular complexity index is 535. The van der Waals surface area contributed by atoms with Gasteiger partial charge in [-0.1, -0.05) is 6.92 Å². The van der Waals surface area contributed by atoms with Crippen molar-refractivity contribution in [3.8, 4) is 0 Å². The van der Waals surface area contributed by atoms with Crippen LogP contribution in [0.4, 0.5) is 5.82 Å². The number of piperidine rings is 1. The van der Waals surface area contributed by atoms with Gasteiger partial charge in [0.15, 0.2) is 0 Å². The first-order valence-corrected chi connectivity index (χ1v) is 6.49. The van der Waals surface area contributed by atoms with E-state index in [-0.39, 0.29) is 0 Å². The monoisotopic (exact) mass is 245 g/mol. The molecule has 5 nitrogen and oxygen atoms in total. The molecule has 5 heteroatoms. The molecule has 0 amide bonds. The van der Waals surface area contributed by atoms with Crippen LogP contribution in [0.5, 0.6) is 0 Å². The van der Waals surface area contributed by atoms with Crippen LogP contribution in [-0.4, -0.2) is 41.1 Å². The maximum Gasteiger partial charge on any atom is 0.142 e. The van der Waals surface area contributed by atoms with Crippen LogP contribution in [0.2, 0.25) is 0 Å². The number of anilines is 1. The highest BCUT2D eigenvalue weighted by Crippen LogP contribution is 2.26. The van der Waals surface area contributed by atoms with Crippen molar-refractivity contribution in [3.05, 3.63) is 18.6 Å². The number of nitrogens with one attached hydrogen (secondary N) is 2. The van der Waals surface area contributed by atoms with Crippen LogP contribution >= 0.6 is 0 Å². The summed E-state index contributed by atoms with van der Waals surface area (Å²) < 4.78 is 0. The van der Waals surface area contributed by atoms with Crippen molar-refractivity contribution >= 4 is 16.9 Å². The zero-order chi connectivity index (χ0) is 12.5. The second-order valence-electron chi connectivity index (χ2n) is 5.09. The van der Waals surface area contributed by atoms with Gasteiger partial charge in [0.2, 0.25) is 0 Å². The lowest BCUT2D eigenvalue weighted by Crippen LogP contribution is -2.49. The van der Waals surface area contributed by atoms with E-state index in [1.165, 1.54) is 6.42 Å². The summed E-state index contributed by atoms with van der Waals surface area (Å²) in [4.78, 5) is 14.1. The van der Waals surface area contributed by atoms with Gasteiger partial charge in [0.1, 0.15) is 17.8 Å². The van der Waals surface area contributed by atoms with E-state index < -0.39 is 0 Å². The lowest BCUT2D eigenvalue weighted by molar-refractivity contribution is 0.338. The van der Waals surface area contributed by atoms with Gasteiger partial charge < -0.3 is 15.2 Å². The molecule has 0 bridgehead atoms. The van der Waals surface area contributed by atoms with Gasteiger partial charge in [0.05, 0.1) is 5.39 Å². The fourth-order valence-corrected chi connectivity index (χ4v) is 2.79. The molecule has 0 saturated carbocycles. The highest BCUT2D eigenvalue weighted by Gasteiger charge is 2.26. The minimum atomic E-state index is 0.492. The van der Waals surface area contributed by atoms with E-state index in [4.69, 9.17) is 0 Å². The SMILES string of the molecule is C[C@@H]1CCNC[C@H]1N(C)c1ncnc2[nH]ccc12. The minimum absolute atomic E-state index is 0.492. The van der Waals surface area contributed by atoms with E-state index in [1.54, 1.807) is 6.33 Å². The predicted octanol–water partition coefficient (Wildman–Crippen LogP) is 1.39. The molecule has 1 fully saturated rings. The van der Waals surface area contributed by atoms with E-state index >= 15 is 0 Å². The van der Waals surface area contributed by atoms with Crippen molar-refractivity contribution in [1.82, 2.24) is 20.3 Å². The number of aromatic amines is 1. The van der Waals surface area contributed by atoms with Gasteiger partial charge in [0.25, 0.3) is 0 Å². The Balaban J connectivity index is 1.95. The van der Waals surface area contributed by atoms with E-state index in [0.717, 1.165) is 29.9 Å². The summed E-state index contributed by atoms with van der Waals surface area (Å²) >= 11 is 0. The van der Waals surface area contributed by atoms with Gasteiger partial charge >= 0.3 is 0 Å². The van der Waals surface area contributed by atoms with Crippen LogP contribution in [0.25, 0.3) is 11.0 Å². The number of likely N-dealkylation sites (N-methyl/N-ethyl adjacent to an activating group) is 1. The number of hydrogen-bond acceptors (Lipinski definition) is 4. The Morgan fingerprint density at radius 3 is 3.11 bits per heavy atom. The number of H-pyrrole nitrogens is 1. The zero-order valence-corrected chi connectivity index (χ0v) is 10.8. The third-order valence-electron chi connectivity index (χ3n) is 3.95. The van der Waals surface area contributed by atoms with Gasteiger partial charge in [-0.25, -0.2) is 9.97 Å². The van der Waals surface area contributed by atoms with Crippen LogP contribution in [-0.2, 0) is 0 Å². The fourth-order valence-electron chi connectivity index (χ4n) is 2.79. The van der Waals surface area contributed by atoms with Crippen molar-refractivity contribution in [2.45, 2.75) is 19.4 Å². The van der Waals surface area contributed by atoms with E-state index in [2.05, 4.69) is 39.1 Å². The molecule has 0 aromatic carbocycles. The molecule has 3 heterocycles. The molecule has 96 valence electrons. The van der Waals surface area contributed by atoms with Crippen molar-refractivity contribution in [1.29, 1.82) is 0 Å². The Morgan fingerprint density at radius 2 is 2.28 bits per heavy atom. The molecule has 1 aliphatic rings. The van der Waals surface area contributed by atoms with Crippen molar-refractivity contribution in [2.24, 2.45) is 5.92 Å².